The van der Waals surface area contributed by atoms with Crippen LogP contribution in [0.15, 0.2) is 0 Å². The SMILES string of the molecule is CCC(C)N(CC)C(C)CC(C)(O)CN. The molecule has 3 atom stereocenters. The quantitative estimate of drug-likeness (QED) is 0.679. The number of hydrogen-bond acceptors (Lipinski definition) is 3. The lowest BCUT2D eigenvalue weighted by molar-refractivity contribution is 0.0211. The van der Waals surface area contributed by atoms with Gasteiger partial charge in [-0.05, 0) is 40.2 Å². The minimum Gasteiger partial charge on any atom is -0.389 e. The second kappa shape index (κ2) is 6.46. The van der Waals surface area contributed by atoms with Gasteiger partial charge in [0.25, 0.3) is 0 Å². The Morgan fingerprint density at radius 2 is 1.80 bits per heavy atom. The van der Waals surface area contributed by atoms with E-state index in [0.29, 0.717) is 18.6 Å². The zero-order valence-corrected chi connectivity index (χ0v) is 11.0. The van der Waals surface area contributed by atoms with Crippen molar-refractivity contribution >= 4 is 0 Å². The smallest absolute Gasteiger partial charge is 0.0756 e. The van der Waals surface area contributed by atoms with Crippen molar-refractivity contribution in [2.75, 3.05) is 13.1 Å². The Hall–Kier alpha value is -0.120. The molecule has 0 aromatic heterocycles. The van der Waals surface area contributed by atoms with E-state index in [1.807, 2.05) is 6.92 Å². The second-order valence-electron chi connectivity index (χ2n) is 4.84. The Kier molecular flexibility index (Phi) is 6.41. The van der Waals surface area contributed by atoms with Gasteiger partial charge in [0.1, 0.15) is 0 Å². The average molecular weight is 216 g/mol. The van der Waals surface area contributed by atoms with E-state index in [4.69, 9.17) is 5.73 Å². The third-order valence-electron chi connectivity index (χ3n) is 3.26. The van der Waals surface area contributed by atoms with Crippen molar-refractivity contribution in [3.63, 3.8) is 0 Å². The summed E-state index contributed by atoms with van der Waals surface area (Å²) < 4.78 is 0. The summed E-state index contributed by atoms with van der Waals surface area (Å²) in [4.78, 5) is 2.42. The molecule has 0 aliphatic carbocycles. The highest BCUT2D eigenvalue weighted by molar-refractivity contribution is 4.82. The maximum atomic E-state index is 9.94. The third-order valence-corrected chi connectivity index (χ3v) is 3.26. The summed E-state index contributed by atoms with van der Waals surface area (Å²) in [6.07, 6.45) is 1.88. The van der Waals surface area contributed by atoms with Crippen LogP contribution >= 0.6 is 0 Å². The van der Waals surface area contributed by atoms with Gasteiger partial charge in [-0.25, -0.2) is 0 Å². The Bertz CT molecular complexity index is 171. The molecule has 0 aliphatic heterocycles. The molecular formula is C12H28N2O. The molecule has 0 spiro atoms. The zero-order valence-electron chi connectivity index (χ0n) is 11.0. The summed E-state index contributed by atoms with van der Waals surface area (Å²) in [6.45, 7) is 11.9. The average Bonchev–Trinajstić information content (AvgIpc) is 2.17. The lowest BCUT2D eigenvalue weighted by atomic mass is 9.96. The largest absolute Gasteiger partial charge is 0.389 e. The van der Waals surface area contributed by atoms with Crippen molar-refractivity contribution in [1.29, 1.82) is 0 Å². The van der Waals surface area contributed by atoms with Crippen LogP contribution in [-0.4, -0.2) is 40.8 Å². The van der Waals surface area contributed by atoms with E-state index >= 15 is 0 Å². The molecule has 0 fully saturated rings. The molecule has 3 nitrogen and oxygen atoms in total. The number of rotatable bonds is 7. The fourth-order valence-corrected chi connectivity index (χ4v) is 2.13. The number of aliphatic hydroxyl groups is 1. The summed E-state index contributed by atoms with van der Waals surface area (Å²) in [5.41, 5.74) is 4.80. The van der Waals surface area contributed by atoms with E-state index < -0.39 is 5.60 Å². The summed E-state index contributed by atoms with van der Waals surface area (Å²) in [5.74, 6) is 0. The standard InChI is InChI=1S/C12H28N2O/c1-6-10(3)14(7-2)11(4)8-12(5,15)9-13/h10-11,15H,6-9,13H2,1-5H3. The van der Waals surface area contributed by atoms with Crippen molar-refractivity contribution in [3.05, 3.63) is 0 Å². The van der Waals surface area contributed by atoms with Gasteiger partial charge in [-0.15, -0.1) is 0 Å². The van der Waals surface area contributed by atoms with Gasteiger partial charge in [-0.1, -0.05) is 13.8 Å². The number of hydrogen-bond donors (Lipinski definition) is 2. The molecule has 15 heavy (non-hydrogen) atoms. The van der Waals surface area contributed by atoms with Gasteiger partial charge < -0.3 is 10.8 Å². The zero-order chi connectivity index (χ0) is 12.1. The van der Waals surface area contributed by atoms with Crippen molar-refractivity contribution in [1.82, 2.24) is 4.90 Å². The molecule has 0 aliphatic rings. The topological polar surface area (TPSA) is 49.5 Å². The van der Waals surface area contributed by atoms with Crippen molar-refractivity contribution in [3.8, 4) is 0 Å². The first kappa shape index (κ1) is 14.9. The molecular weight excluding hydrogens is 188 g/mol. The molecule has 0 rings (SSSR count). The molecule has 0 amide bonds. The first-order valence-electron chi connectivity index (χ1n) is 6.06. The summed E-state index contributed by atoms with van der Waals surface area (Å²) in [6, 6.07) is 0.946. The summed E-state index contributed by atoms with van der Waals surface area (Å²) in [7, 11) is 0. The molecule has 0 heterocycles. The molecule has 3 heteroatoms. The fourth-order valence-electron chi connectivity index (χ4n) is 2.13. The van der Waals surface area contributed by atoms with E-state index in [2.05, 4.69) is 32.6 Å². The monoisotopic (exact) mass is 216 g/mol. The van der Waals surface area contributed by atoms with Gasteiger partial charge in [0, 0.05) is 18.6 Å². The molecule has 3 unspecified atom stereocenters. The molecule has 0 aromatic rings. The summed E-state index contributed by atoms with van der Waals surface area (Å²) in [5, 5.41) is 9.94. The third kappa shape index (κ3) is 4.96. The normalized spacial score (nSPS) is 20.0. The van der Waals surface area contributed by atoms with Crippen LogP contribution in [0.5, 0.6) is 0 Å². The van der Waals surface area contributed by atoms with Crippen LogP contribution in [0.25, 0.3) is 0 Å². The van der Waals surface area contributed by atoms with Gasteiger partial charge >= 0.3 is 0 Å². The van der Waals surface area contributed by atoms with Crippen LogP contribution in [-0.2, 0) is 0 Å². The minimum absolute atomic E-state index is 0.329. The van der Waals surface area contributed by atoms with E-state index in [1.165, 1.54) is 0 Å². The first-order valence-corrected chi connectivity index (χ1v) is 6.06. The first-order chi connectivity index (χ1) is 6.87. The highest BCUT2D eigenvalue weighted by atomic mass is 16.3. The predicted molar refractivity (Wildman–Crippen MR) is 65.9 cm³/mol. The molecule has 0 saturated heterocycles. The van der Waals surface area contributed by atoms with Gasteiger partial charge in [0.2, 0.25) is 0 Å². The van der Waals surface area contributed by atoms with Crippen LogP contribution in [0.1, 0.15) is 47.5 Å². The van der Waals surface area contributed by atoms with E-state index in [1.54, 1.807) is 0 Å². The molecule has 0 bridgehead atoms. The minimum atomic E-state index is -0.736. The highest BCUT2D eigenvalue weighted by Gasteiger charge is 2.26. The maximum Gasteiger partial charge on any atom is 0.0756 e. The predicted octanol–water partition coefficient (Wildman–Crippen LogP) is 1.60. The van der Waals surface area contributed by atoms with Crippen LogP contribution in [0.4, 0.5) is 0 Å². The molecule has 92 valence electrons. The van der Waals surface area contributed by atoms with Crippen LogP contribution in [0.2, 0.25) is 0 Å². The van der Waals surface area contributed by atoms with E-state index in [0.717, 1.165) is 19.4 Å². The second-order valence-corrected chi connectivity index (χ2v) is 4.84. The van der Waals surface area contributed by atoms with Gasteiger partial charge in [0.05, 0.1) is 5.60 Å². The van der Waals surface area contributed by atoms with Gasteiger partial charge in [0.15, 0.2) is 0 Å². The van der Waals surface area contributed by atoms with Gasteiger partial charge in [-0.3, -0.25) is 4.90 Å². The van der Waals surface area contributed by atoms with Gasteiger partial charge in [-0.2, -0.15) is 0 Å². The fraction of sp³-hybridized carbons (Fsp3) is 1.00. The van der Waals surface area contributed by atoms with Crippen molar-refractivity contribution < 1.29 is 5.11 Å². The van der Waals surface area contributed by atoms with Crippen LogP contribution < -0.4 is 5.73 Å². The Morgan fingerprint density at radius 3 is 2.13 bits per heavy atom. The lowest BCUT2D eigenvalue weighted by Crippen LogP contribution is -2.46. The Labute approximate surface area is 94.6 Å². The Balaban J connectivity index is 4.33. The molecule has 0 radical (unpaired) electrons. The van der Waals surface area contributed by atoms with Crippen molar-refractivity contribution in [2.45, 2.75) is 65.1 Å². The van der Waals surface area contributed by atoms with Crippen LogP contribution in [0, 0.1) is 0 Å². The highest BCUT2D eigenvalue weighted by Crippen LogP contribution is 2.18. The van der Waals surface area contributed by atoms with E-state index in [-0.39, 0.29) is 0 Å². The number of nitrogens with two attached hydrogens (primary N) is 1. The van der Waals surface area contributed by atoms with Crippen molar-refractivity contribution in [2.24, 2.45) is 5.73 Å². The molecule has 0 aromatic carbocycles. The van der Waals surface area contributed by atoms with Crippen LogP contribution in [0.3, 0.4) is 0 Å². The maximum absolute atomic E-state index is 9.94. The molecule has 3 N–H and O–H groups in total. The Morgan fingerprint density at radius 1 is 1.27 bits per heavy atom. The number of nitrogens with zero attached hydrogens (tertiary/aromatic N) is 1. The molecule has 0 saturated carbocycles. The lowest BCUT2D eigenvalue weighted by Gasteiger charge is -2.36. The summed E-state index contributed by atoms with van der Waals surface area (Å²) >= 11 is 0. The van der Waals surface area contributed by atoms with E-state index in [9.17, 15) is 5.11 Å².